The molecule has 0 aromatic heterocycles. The second-order valence-corrected chi connectivity index (χ2v) is 12.8. The lowest BCUT2D eigenvalue weighted by Crippen LogP contribution is -2.55. The summed E-state index contributed by atoms with van der Waals surface area (Å²) in [6.45, 7) is 4.56. The molecule has 2 atom stereocenters. The number of rotatable bonds is 30. The van der Waals surface area contributed by atoms with Crippen molar-refractivity contribution in [2.45, 2.75) is 154 Å². The Balaban J connectivity index is 4.49. The zero-order chi connectivity index (χ0) is 32.2. The molecular weight excluding hydrogens is 546 g/mol. The van der Waals surface area contributed by atoms with Gasteiger partial charge in [0.05, 0.1) is 40.3 Å². The van der Waals surface area contributed by atoms with Crippen LogP contribution in [0.15, 0.2) is 12.2 Å². The van der Waals surface area contributed by atoms with Gasteiger partial charge in [-0.25, -0.2) is 0 Å². The van der Waals surface area contributed by atoms with E-state index in [0.29, 0.717) is 12.8 Å². The van der Waals surface area contributed by atoms with Gasteiger partial charge in [-0.05, 0) is 32.1 Å². The summed E-state index contributed by atoms with van der Waals surface area (Å²) in [6.07, 6.45) is 23.8. The van der Waals surface area contributed by atoms with Crippen molar-refractivity contribution in [2.75, 3.05) is 41.0 Å². The molecule has 0 rings (SSSR count). The molecule has 0 saturated heterocycles. The predicted octanol–water partition coefficient (Wildman–Crippen LogP) is 6.68. The molecule has 0 bridgehead atoms. The monoisotopic (exact) mass is 611 g/mol. The number of likely N-dealkylation sites (N-methyl/N-ethyl adjacent to an activating group) is 1. The summed E-state index contributed by atoms with van der Waals surface area (Å²) in [5.41, 5.74) is 0. The van der Waals surface area contributed by atoms with Crippen LogP contribution in [-0.4, -0.2) is 75.5 Å². The number of carbonyl (C=O) groups is 3. The average Bonchev–Trinajstić information content (AvgIpc) is 2.94. The van der Waals surface area contributed by atoms with Gasteiger partial charge in [0.1, 0.15) is 12.6 Å². The highest BCUT2D eigenvalue weighted by molar-refractivity contribution is 5.70. The minimum Gasteiger partial charge on any atom is -0.544 e. The molecule has 8 nitrogen and oxygen atoms in total. The highest BCUT2D eigenvalue weighted by atomic mass is 16.6. The molecule has 8 heteroatoms. The normalized spacial score (nSPS) is 13.2. The summed E-state index contributed by atoms with van der Waals surface area (Å²) in [7, 11) is 5.38. The maximum atomic E-state index is 12.5. The molecule has 0 aromatic carbocycles. The second-order valence-electron chi connectivity index (χ2n) is 12.8. The van der Waals surface area contributed by atoms with E-state index in [4.69, 9.17) is 14.2 Å². The van der Waals surface area contributed by atoms with Crippen molar-refractivity contribution in [3.63, 3.8) is 0 Å². The maximum absolute atomic E-state index is 12.5. The zero-order valence-corrected chi connectivity index (χ0v) is 28.4. The predicted molar refractivity (Wildman–Crippen MR) is 171 cm³/mol. The third kappa shape index (κ3) is 26.2. The molecule has 0 fully saturated rings. The third-order valence-electron chi connectivity index (χ3n) is 7.65. The van der Waals surface area contributed by atoms with Gasteiger partial charge >= 0.3 is 11.9 Å². The van der Waals surface area contributed by atoms with Gasteiger partial charge in [0.15, 0.2) is 6.10 Å². The molecular formula is C35H65NO7. The van der Waals surface area contributed by atoms with Crippen LogP contribution in [0.1, 0.15) is 142 Å². The fraction of sp³-hybridized carbons (Fsp3) is 0.857. The molecule has 0 aromatic rings. The van der Waals surface area contributed by atoms with Crippen LogP contribution in [0.2, 0.25) is 0 Å². The Morgan fingerprint density at radius 1 is 0.674 bits per heavy atom. The summed E-state index contributed by atoms with van der Waals surface area (Å²) in [5.74, 6) is -1.76. The Kier molecular flexibility index (Phi) is 26.4. The van der Waals surface area contributed by atoms with Gasteiger partial charge in [0.25, 0.3) is 0 Å². The maximum Gasteiger partial charge on any atom is 0.306 e. The number of nitrogens with zero attached hydrogens (tertiary/aromatic N) is 1. The molecule has 0 radical (unpaired) electrons. The third-order valence-corrected chi connectivity index (χ3v) is 7.65. The summed E-state index contributed by atoms with van der Waals surface area (Å²) >= 11 is 0. The van der Waals surface area contributed by atoms with Crippen molar-refractivity contribution < 1.29 is 38.2 Å². The number of hydrogen-bond donors (Lipinski definition) is 0. The number of quaternary nitrogens is 1. The summed E-state index contributed by atoms with van der Waals surface area (Å²) in [4.78, 5) is 36.4. The molecule has 0 aliphatic heterocycles. The van der Waals surface area contributed by atoms with Gasteiger partial charge in [-0.3, -0.25) is 9.59 Å². The van der Waals surface area contributed by atoms with E-state index >= 15 is 0 Å². The number of unbranched alkanes of at least 4 members (excludes halogenated alkanes) is 14. The fourth-order valence-corrected chi connectivity index (χ4v) is 4.87. The van der Waals surface area contributed by atoms with Crippen LogP contribution in [0, 0.1) is 0 Å². The first-order valence-electron chi connectivity index (χ1n) is 17.2. The molecule has 2 unspecified atom stereocenters. The Morgan fingerprint density at radius 3 is 1.74 bits per heavy atom. The minimum atomic E-state index is -1.13. The van der Waals surface area contributed by atoms with E-state index in [1.54, 1.807) is 21.1 Å². The van der Waals surface area contributed by atoms with Crippen LogP contribution in [-0.2, 0) is 28.6 Å². The highest BCUT2D eigenvalue weighted by Gasteiger charge is 2.25. The number of carbonyl (C=O) groups excluding carboxylic acids is 3. The number of ether oxygens (including phenoxy) is 3. The van der Waals surface area contributed by atoms with Gasteiger partial charge in [0.2, 0.25) is 0 Å². The second kappa shape index (κ2) is 27.6. The first kappa shape index (κ1) is 41.1. The van der Waals surface area contributed by atoms with Crippen molar-refractivity contribution in [3.05, 3.63) is 12.2 Å². The van der Waals surface area contributed by atoms with E-state index in [0.717, 1.165) is 57.8 Å². The van der Waals surface area contributed by atoms with E-state index in [1.165, 1.54) is 51.4 Å². The van der Waals surface area contributed by atoms with E-state index < -0.39 is 18.1 Å². The molecule has 0 spiro atoms. The number of esters is 2. The average molecular weight is 612 g/mol. The first-order valence-corrected chi connectivity index (χ1v) is 17.2. The van der Waals surface area contributed by atoms with Gasteiger partial charge in [0, 0.05) is 19.3 Å². The van der Waals surface area contributed by atoms with Crippen LogP contribution < -0.4 is 5.11 Å². The smallest absolute Gasteiger partial charge is 0.306 e. The van der Waals surface area contributed by atoms with Gasteiger partial charge < -0.3 is 28.6 Å². The molecule has 0 heterocycles. The molecule has 0 aliphatic rings. The van der Waals surface area contributed by atoms with Gasteiger partial charge in [-0.2, -0.15) is 0 Å². The Labute approximate surface area is 263 Å². The Bertz CT molecular complexity index is 732. The fourth-order valence-electron chi connectivity index (χ4n) is 4.87. The lowest BCUT2D eigenvalue weighted by molar-refractivity contribution is -0.889. The van der Waals surface area contributed by atoms with E-state index in [1.807, 2.05) is 0 Å². The van der Waals surface area contributed by atoms with E-state index in [-0.39, 0.29) is 42.7 Å². The van der Waals surface area contributed by atoms with Crippen LogP contribution in [0.4, 0.5) is 0 Å². The molecule has 43 heavy (non-hydrogen) atoms. The zero-order valence-electron chi connectivity index (χ0n) is 28.4. The van der Waals surface area contributed by atoms with Crippen LogP contribution in [0.5, 0.6) is 0 Å². The van der Waals surface area contributed by atoms with Gasteiger partial charge in [-0.15, -0.1) is 0 Å². The van der Waals surface area contributed by atoms with Crippen molar-refractivity contribution in [2.24, 2.45) is 0 Å². The lowest BCUT2D eigenvalue weighted by atomic mass is 10.1. The standard InChI is InChI=1S/C35H65NO7/c1-6-8-10-12-14-16-18-19-21-23-25-33(37)42-30-31(29-41-28-27-32(35(39)40)36(3,4)5)43-34(38)26-24-22-20-17-15-13-11-9-7-2/h12,14,31-32H,6-11,13,15-30H2,1-5H3/b14-12+. The summed E-state index contributed by atoms with van der Waals surface area (Å²) in [5, 5.41) is 11.5. The molecule has 0 aliphatic carbocycles. The number of hydrogen-bond acceptors (Lipinski definition) is 7. The molecule has 0 saturated carbocycles. The lowest BCUT2D eigenvalue weighted by Gasteiger charge is -2.34. The number of carboxylic acid groups (broad SMARTS) is 1. The number of aliphatic carboxylic acids is 1. The van der Waals surface area contributed by atoms with Crippen molar-refractivity contribution in [1.29, 1.82) is 0 Å². The molecule has 0 N–H and O–H groups in total. The summed E-state index contributed by atoms with van der Waals surface area (Å²) < 4.78 is 17.0. The minimum absolute atomic E-state index is 0.0411. The largest absolute Gasteiger partial charge is 0.544 e. The number of allylic oxidation sites excluding steroid dienone is 2. The highest BCUT2D eigenvalue weighted by Crippen LogP contribution is 2.13. The van der Waals surface area contributed by atoms with Crippen LogP contribution in [0.25, 0.3) is 0 Å². The first-order chi connectivity index (χ1) is 20.6. The number of carboxylic acids is 1. The molecule has 0 amide bonds. The van der Waals surface area contributed by atoms with Crippen LogP contribution in [0.3, 0.4) is 0 Å². The Morgan fingerprint density at radius 2 is 1.19 bits per heavy atom. The van der Waals surface area contributed by atoms with Crippen LogP contribution >= 0.6 is 0 Å². The summed E-state index contributed by atoms with van der Waals surface area (Å²) in [6, 6.07) is -0.720. The SMILES string of the molecule is CCCC/C=C/CCCCCCC(=O)OCC(COCCC(C(=O)[O-])[N+](C)(C)C)OC(=O)CCCCCCCCCCC. The molecule has 252 valence electrons. The van der Waals surface area contributed by atoms with Crippen molar-refractivity contribution >= 4 is 17.9 Å². The van der Waals surface area contributed by atoms with Crippen molar-refractivity contribution in [3.8, 4) is 0 Å². The van der Waals surface area contributed by atoms with Gasteiger partial charge in [-0.1, -0.05) is 103 Å². The van der Waals surface area contributed by atoms with E-state index in [2.05, 4.69) is 26.0 Å². The van der Waals surface area contributed by atoms with E-state index in [9.17, 15) is 19.5 Å². The quantitative estimate of drug-likeness (QED) is 0.0386. The topological polar surface area (TPSA) is 102 Å². The Hall–Kier alpha value is -1.93. The van der Waals surface area contributed by atoms with Crippen molar-refractivity contribution in [1.82, 2.24) is 0 Å².